The molecular formula is C16H16IN3. The lowest BCUT2D eigenvalue weighted by molar-refractivity contribution is 0.590. The average molecular weight is 377 g/mol. The Morgan fingerprint density at radius 1 is 1.00 bits per heavy atom. The molecule has 2 aromatic heterocycles. The van der Waals surface area contributed by atoms with E-state index in [-0.39, 0.29) is 5.41 Å². The molecule has 0 N–H and O–H groups in total. The van der Waals surface area contributed by atoms with Crippen LogP contribution in [0.1, 0.15) is 26.3 Å². The molecule has 1 aromatic carbocycles. The summed E-state index contributed by atoms with van der Waals surface area (Å²) in [6.45, 7) is 6.66. The Labute approximate surface area is 132 Å². The molecule has 0 fully saturated rings. The second-order valence-electron chi connectivity index (χ2n) is 5.91. The highest BCUT2D eigenvalue weighted by Crippen LogP contribution is 2.25. The van der Waals surface area contributed by atoms with Crippen molar-refractivity contribution in [3.63, 3.8) is 0 Å². The smallest absolute Gasteiger partial charge is 0.154 e. The Balaban J connectivity index is 2.02. The Hall–Kier alpha value is -1.43. The first kappa shape index (κ1) is 13.5. The van der Waals surface area contributed by atoms with Crippen LogP contribution < -0.4 is 0 Å². The van der Waals surface area contributed by atoms with Gasteiger partial charge in [0.15, 0.2) is 5.65 Å². The summed E-state index contributed by atoms with van der Waals surface area (Å²) in [7, 11) is 0. The SMILES string of the molecule is CC(C)(C)c1ccc(-c2cn3nc(I)ccc3n2)cc1. The van der Waals surface area contributed by atoms with Crippen LogP contribution in [0, 0.1) is 3.70 Å². The van der Waals surface area contributed by atoms with Gasteiger partial charge in [0.25, 0.3) is 0 Å². The van der Waals surface area contributed by atoms with Crippen molar-refractivity contribution in [2.45, 2.75) is 26.2 Å². The summed E-state index contributed by atoms with van der Waals surface area (Å²) in [5.74, 6) is 0. The zero-order valence-electron chi connectivity index (χ0n) is 11.8. The molecule has 0 atom stereocenters. The molecule has 2 heterocycles. The number of nitrogens with zero attached hydrogens (tertiary/aromatic N) is 3. The van der Waals surface area contributed by atoms with Crippen molar-refractivity contribution in [2.24, 2.45) is 0 Å². The third kappa shape index (κ3) is 2.57. The van der Waals surface area contributed by atoms with Crippen LogP contribution in [0.4, 0.5) is 0 Å². The topological polar surface area (TPSA) is 30.2 Å². The summed E-state index contributed by atoms with van der Waals surface area (Å²) in [5.41, 5.74) is 4.46. The molecule has 0 saturated carbocycles. The van der Waals surface area contributed by atoms with Crippen LogP contribution in [0.15, 0.2) is 42.6 Å². The molecular weight excluding hydrogens is 361 g/mol. The highest BCUT2D eigenvalue weighted by Gasteiger charge is 2.13. The molecule has 0 aliphatic rings. The molecule has 3 aromatic rings. The molecule has 20 heavy (non-hydrogen) atoms. The first-order chi connectivity index (χ1) is 9.43. The summed E-state index contributed by atoms with van der Waals surface area (Å²) < 4.78 is 2.79. The van der Waals surface area contributed by atoms with Gasteiger partial charge in [0.05, 0.1) is 11.9 Å². The monoisotopic (exact) mass is 377 g/mol. The molecule has 0 aliphatic carbocycles. The Kier molecular flexibility index (Phi) is 3.28. The summed E-state index contributed by atoms with van der Waals surface area (Å²) in [6, 6.07) is 12.6. The Morgan fingerprint density at radius 2 is 1.70 bits per heavy atom. The molecule has 0 aliphatic heterocycles. The summed E-state index contributed by atoms with van der Waals surface area (Å²) in [6.07, 6.45) is 1.98. The van der Waals surface area contributed by atoms with Crippen LogP contribution in [0.2, 0.25) is 0 Å². The molecule has 0 saturated heterocycles. The van der Waals surface area contributed by atoms with Crippen LogP contribution in [-0.2, 0) is 5.41 Å². The van der Waals surface area contributed by atoms with Gasteiger partial charge in [-0.1, -0.05) is 45.0 Å². The Bertz CT molecular complexity index is 751. The molecule has 3 rings (SSSR count). The maximum Gasteiger partial charge on any atom is 0.154 e. The van der Waals surface area contributed by atoms with E-state index in [9.17, 15) is 0 Å². The standard InChI is InChI=1S/C16H16IN3/c1-16(2,3)12-6-4-11(5-7-12)13-10-20-15(18-13)9-8-14(17)19-20/h4-10H,1-3H3. The van der Waals surface area contributed by atoms with E-state index in [1.807, 2.05) is 22.8 Å². The fourth-order valence-electron chi connectivity index (χ4n) is 2.14. The minimum Gasteiger partial charge on any atom is -0.227 e. The number of fused-ring (bicyclic) bond motifs is 1. The van der Waals surface area contributed by atoms with E-state index in [0.29, 0.717) is 0 Å². The maximum atomic E-state index is 4.61. The van der Waals surface area contributed by atoms with Crippen LogP contribution in [0.3, 0.4) is 0 Å². The third-order valence-electron chi connectivity index (χ3n) is 3.33. The molecule has 102 valence electrons. The Morgan fingerprint density at radius 3 is 2.35 bits per heavy atom. The van der Waals surface area contributed by atoms with Crippen molar-refractivity contribution in [2.75, 3.05) is 0 Å². The number of imidazole rings is 1. The van der Waals surface area contributed by atoms with Gasteiger partial charge < -0.3 is 0 Å². The number of benzene rings is 1. The van der Waals surface area contributed by atoms with Crippen molar-refractivity contribution < 1.29 is 0 Å². The van der Waals surface area contributed by atoms with Crippen molar-refractivity contribution in [3.8, 4) is 11.3 Å². The molecule has 0 radical (unpaired) electrons. The predicted octanol–water partition coefficient (Wildman–Crippen LogP) is 4.30. The van der Waals surface area contributed by atoms with Gasteiger partial charge >= 0.3 is 0 Å². The highest BCUT2D eigenvalue weighted by molar-refractivity contribution is 14.1. The second kappa shape index (κ2) is 4.84. The van der Waals surface area contributed by atoms with Gasteiger partial charge in [0.2, 0.25) is 0 Å². The minimum absolute atomic E-state index is 0.176. The molecule has 0 bridgehead atoms. The first-order valence-electron chi connectivity index (χ1n) is 6.56. The van der Waals surface area contributed by atoms with E-state index >= 15 is 0 Å². The quantitative estimate of drug-likeness (QED) is 0.592. The predicted molar refractivity (Wildman–Crippen MR) is 89.8 cm³/mol. The number of hydrogen-bond donors (Lipinski definition) is 0. The number of aromatic nitrogens is 3. The van der Waals surface area contributed by atoms with E-state index in [4.69, 9.17) is 0 Å². The zero-order chi connectivity index (χ0) is 14.3. The molecule has 0 unspecified atom stereocenters. The lowest BCUT2D eigenvalue weighted by Gasteiger charge is -2.18. The van der Waals surface area contributed by atoms with Crippen molar-refractivity contribution in [1.82, 2.24) is 14.6 Å². The second-order valence-corrected chi connectivity index (χ2v) is 7.02. The summed E-state index contributed by atoms with van der Waals surface area (Å²) in [4.78, 5) is 4.61. The van der Waals surface area contributed by atoms with Gasteiger partial charge in [-0.05, 0) is 45.7 Å². The molecule has 3 nitrogen and oxygen atoms in total. The van der Waals surface area contributed by atoms with E-state index in [1.165, 1.54) is 5.56 Å². The normalized spacial score (nSPS) is 12.0. The summed E-state index contributed by atoms with van der Waals surface area (Å²) in [5, 5.41) is 4.42. The number of rotatable bonds is 1. The van der Waals surface area contributed by atoms with Gasteiger partial charge in [-0.15, -0.1) is 0 Å². The average Bonchev–Trinajstić information content (AvgIpc) is 2.80. The van der Waals surface area contributed by atoms with Gasteiger partial charge in [0.1, 0.15) is 3.70 Å². The highest BCUT2D eigenvalue weighted by atomic mass is 127. The first-order valence-corrected chi connectivity index (χ1v) is 7.64. The molecule has 0 amide bonds. The third-order valence-corrected chi connectivity index (χ3v) is 3.91. The van der Waals surface area contributed by atoms with Crippen LogP contribution >= 0.6 is 22.6 Å². The largest absolute Gasteiger partial charge is 0.227 e. The number of halogens is 1. The maximum absolute atomic E-state index is 4.61. The lowest BCUT2D eigenvalue weighted by atomic mass is 9.86. The fraction of sp³-hybridized carbons (Fsp3) is 0.250. The van der Waals surface area contributed by atoms with Crippen LogP contribution in [0.5, 0.6) is 0 Å². The van der Waals surface area contributed by atoms with Crippen LogP contribution in [-0.4, -0.2) is 14.6 Å². The van der Waals surface area contributed by atoms with E-state index in [1.54, 1.807) is 0 Å². The van der Waals surface area contributed by atoms with E-state index < -0.39 is 0 Å². The van der Waals surface area contributed by atoms with Gasteiger partial charge in [0, 0.05) is 5.56 Å². The summed E-state index contributed by atoms with van der Waals surface area (Å²) >= 11 is 2.21. The van der Waals surface area contributed by atoms with Crippen molar-refractivity contribution in [1.29, 1.82) is 0 Å². The van der Waals surface area contributed by atoms with Crippen LogP contribution in [0.25, 0.3) is 16.9 Å². The number of hydrogen-bond acceptors (Lipinski definition) is 2. The van der Waals surface area contributed by atoms with Crippen molar-refractivity contribution >= 4 is 28.2 Å². The van der Waals surface area contributed by atoms with Gasteiger partial charge in [-0.3, -0.25) is 0 Å². The van der Waals surface area contributed by atoms with Gasteiger partial charge in [-0.2, -0.15) is 5.10 Å². The van der Waals surface area contributed by atoms with Gasteiger partial charge in [-0.25, -0.2) is 9.50 Å². The molecule has 0 spiro atoms. The minimum atomic E-state index is 0.176. The fourth-order valence-corrected chi connectivity index (χ4v) is 2.55. The van der Waals surface area contributed by atoms with Crippen molar-refractivity contribution in [3.05, 3.63) is 51.9 Å². The van der Waals surface area contributed by atoms with E-state index in [0.717, 1.165) is 20.6 Å². The molecule has 4 heteroatoms. The lowest BCUT2D eigenvalue weighted by Crippen LogP contribution is -2.10. The zero-order valence-corrected chi connectivity index (χ0v) is 13.9. The van der Waals surface area contributed by atoms with E-state index in [2.05, 4.69) is 77.7 Å².